The van der Waals surface area contributed by atoms with Crippen LogP contribution in [0.3, 0.4) is 0 Å². The Hall–Kier alpha value is -1.01. The van der Waals surface area contributed by atoms with E-state index in [1.807, 2.05) is 0 Å². The molecular weight excluding hydrogens is 188 g/mol. The molecule has 3 nitrogen and oxygen atoms in total. The molecule has 0 heterocycles. The molecule has 1 N–H and O–H groups in total. The molecule has 1 aliphatic rings. The molecule has 0 atom stereocenters. The summed E-state index contributed by atoms with van der Waals surface area (Å²) in [4.78, 5) is 13.7. The molecule has 0 bridgehead atoms. The molecule has 1 aliphatic carbocycles. The van der Waals surface area contributed by atoms with Crippen LogP contribution < -0.4 is 5.32 Å². The summed E-state index contributed by atoms with van der Waals surface area (Å²) in [6.07, 6.45) is 10.1. The summed E-state index contributed by atoms with van der Waals surface area (Å²) in [6.45, 7) is 3.87. The van der Waals surface area contributed by atoms with E-state index in [4.69, 9.17) is 6.42 Å². The lowest BCUT2D eigenvalue weighted by molar-refractivity contribution is -0.122. The first kappa shape index (κ1) is 12.1. The molecule has 84 valence electrons. The normalized spacial score (nSPS) is 16.6. The molecule has 0 aliphatic heterocycles. The molecule has 3 heteroatoms. The minimum atomic E-state index is 0.0432. The molecular formula is C12H20N2O. The van der Waals surface area contributed by atoms with Crippen molar-refractivity contribution in [1.29, 1.82) is 0 Å². The van der Waals surface area contributed by atoms with Gasteiger partial charge in [0.15, 0.2) is 0 Å². The van der Waals surface area contributed by atoms with E-state index in [0.717, 1.165) is 6.54 Å². The van der Waals surface area contributed by atoms with E-state index < -0.39 is 0 Å². The van der Waals surface area contributed by atoms with Gasteiger partial charge in [-0.3, -0.25) is 9.69 Å². The molecule has 15 heavy (non-hydrogen) atoms. The lowest BCUT2D eigenvalue weighted by Crippen LogP contribution is -2.41. The summed E-state index contributed by atoms with van der Waals surface area (Å²) >= 11 is 0. The topological polar surface area (TPSA) is 32.3 Å². The minimum absolute atomic E-state index is 0.0432. The molecule has 0 aromatic carbocycles. The van der Waals surface area contributed by atoms with Gasteiger partial charge < -0.3 is 5.32 Å². The quantitative estimate of drug-likeness (QED) is 0.684. The summed E-state index contributed by atoms with van der Waals surface area (Å²) in [5.41, 5.74) is 0. The largest absolute Gasteiger partial charge is 0.344 e. The number of hydrogen-bond donors (Lipinski definition) is 1. The average Bonchev–Trinajstić information content (AvgIpc) is 2.76. The molecule has 0 aromatic heterocycles. The summed E-state index contributed by atoms with van der Waals surface area (Å²) in [5, 5.41) is 2.70. The second kappa shape index (κ2) is 6.47. The van der Waals surface area contributed by atoms with Gasteiger partial charge >= 0.3 is 0 Å². The maximum absolute atomic E-state index is 11.5. The van der Waals surface area contributed by atoms with Gasteiger partial charge in [-0.2, -0.15) is 0 Å². The van der Waals surface area contributed by atoms with E-state index in [2.05, 4.69) is 23.1 Å². The van der Waals surface area contributed by atoms with Crippen LogP contribution in [0.4, 0.5) is 0 Å². The molecule has 1 saturated carbocycles. The van der Waals surface area contributed by atoms with Gasteiger partial charge in [-0.25, -0.2) is 0 Å². The highest BCUT2D eigenvalue weighted by Crippen LogP contribution is 2.22. The molecule has 0 unspecified atom stereocenters. The van der Waals surface area contributed by atoms with Gasteiger partial charge in [-0.05, 0) is 19.4 Å². The fourth-order valence-corrected chi connectivity index (χ4v) is 2.16. The van der Waals surface area contributed by atoms with Gasteiger partial charge in [0.2, 0.25) is 5.91 Å². The van der Waals surface area contributed by atoms with Crippen LogP contribution in [0.2, 0.25) is 0 Å². The Kier molecular flexibility index (Phi) is 5.20. The van der Waals surface area contributed by atoms with Gasteiger partial charge in [0, 0.05) is 6.04 Å². The van der Waals surface area contributed by atoms with Gasteiger partial charge in [-0.15, -0.1) is 6.42 Å². The van der Waals surface area contributed by atoms with Gasteiger partial charge in [0.1, 0.15) is 0 Å². The fourth-order valence-electron chi connectivity index (χ4n) is 2.16. The van der Waals surface area contributed by atoms with E-state index in [-0.39, 0.29) is 5.91 Å². The number of terminal acetylenes is 1. The first-order valence-corrected chi connectivity index (χ1v) is 5.72. The summed E-state index contributed by atoms with van der Waals surface area (Å²) in [6, 6.07) is 0.603. The van der Waals surface area contributed by atoms with Crippen molar-refractivity contribution < 1.29 is 4.79 Å². The second-order valence-corrected chi connectivity index (χ2v) is 3.98. The van der Waals surface area contributed by atoms with Crippen molar-refractivity contribution in [2.45, 2.75) is 38.6 Å². The first-order chi connectivity index (χ1) is 7.27. The molecule has 0 radical (unpaired) electrons. The van der Waals surface area contributed by atoms with E-state index in [0.29, 0.717) is 19.1 Å². The highest BCUT2D eigenvalue weighted by molar-refractivity contribution is 5.78. The predicted octanol–water partition coefficient (Wildman–Crippen LogP) is 1.00. The van der Waals surface area contributed by atoms with Gasteiger partial charge in [-0.1, -0.05) is 25.7 Å². The SMILES string of the molecule is C#CCNC(=O)CN(CC)C1CCCC1. The standard InChI is InChI=1S/C12H20N2O/c1-3-9-13-12(15)10-14(4-2)11-7-5-6-8-11/h1,11H,4-10H2,2H3,(H,13,15). The Morgan fingerprint density at radius 1 is 1.53 bits per heavy atom. The van der Waals surface area contributed by atoms with Crippen LogP contribution >= 0.6 is 0 Å². The number of carbonyl (C=O) groups excluding carboxylic acids is 1. The monoisotopic (exact) mass is 208 g/mol. The van der Waals surface area contributed by atoms with Gasteiger partial charge in [0.05, 0.1) is 13.1 Å². The number of nitrogens with one attached hydrogen (secondary N) is 1. The smallest absolute Gasteiger partial charge is 0.234 e. The van der Waals surface area contributed by atoms with Crippen molar-refractivity contribution in [2.24, 2.45) is 0 Å². The molecule has 0 saturated heterocycles. The zero-order valence-electron chi connectivity index (χ0n) is 9.46. The second-order valence-electron chi connectivity index (χ2n) is 3.98. The van der Waals surface area contributed by atoms with Crippen LogP contribution in [0.15, 0.2) is 0 Å². The summed E-state index contributed by atoms with van der Waals surface area (Å²) in [7, 11) is 0. The van der Waals surface area contributed by atoms with E-state index in [1.165, 1.54) is 25.7 Å². The van der Waals surface area contributed by atoms with Crippen molar-refractivity contribution >= 4 is 5.91 Å². The molecule has 1 amide bonds. The first-order valence-electron chi connectivity index (χ1n) is 5.72. The lowest BCUT2D eigenvalue weighted by Gasteiger charge is -2.26. The Morgan fingerprint density at radius 2 is 2.20 bits per heavy atom. The molecule has 0 spiro atoms. The Bertz CT molecular complexity index is 238. The maximum Gasteiger partial charge on any atom is 0.234 e. The number of nitrogens with zero attached hydrogens (tertiary/aromatic N) is 1. The number of rotatable bonds is 5. The number of likely N-dealkylation sites (N-methyl/N-ethyl adjacent to an activating group) is 1. The van der Waals surface area contributed by atoms with Crippen LogP contribution in [0, 0.1) is 12.3 Å². The highest BCUT2D eigenvalue weighted by atomic mass is 16.2. The van der Waals surface area contributed by atoms with Crippen LogP contribution in [-0.4, -0.2) is 36.5 Å². The van der Waals surface area contributed by atoms with Crippen molar-refractivity contribution in [3.63, 3.8) is 0 Å². The summed E-state index contributed by atoms with van der Waals surface area (Å²) in [5.74, 6) is 2.45. The minimum Gasteiger partial charge on any atom is -0.344 e. The van der Waals surface area contributed by atoms with E-state index in [1.54, 1.807) is 0 Å². The van der Waals surface area contributed by atoms with E-state index in [9.17, 15) is 4.79 Å². The summed E-state index contributed by atoms with van der Waals surface area (Å²) < 4.78 is 0. The van der Waals surface area contributed by atoms with Crippen LogP contribution in [0.5, 0.6) is 0 Å². The number of amides is 1. The average molecular weight is 208 g/mol. The number of hydrogen-bond acceptors (Lipinski definition) is 2. The van der Waals surface area contributed by atoms with Crippen molar-refractivity contribution in [1.82, 2.24) is 10.2 Å². The Labute approximate surface area is 92.2 Å². The van der Waals surface area contributed by atoms with Crippen LogP contribution in [-0.2, 0) is 4.79 Å². The van der Waals surface area contributed by atoms with Crippen LogP contribution in [0.25, 0.3) is 0 Å². The lowest BCUT2D eigenvalue weighted by atomic mass is 10.2. The molecule has 1 rings (SSSR count). The fraction of sp³-hybridized carbons (Fsp3) is 0.750. The Balaban J connectivity index is 2.32. The third kappa shape index (κ3) is 3.93. The Morgan fingerprint density at radius 3 is 2.73 bits per heavy atom. The molecule has 1 fully saturated rings. The maximum atomic E-state index is 11.5. The van der Waals surface area contributed by atoms with Crippen molar-refractivity contribution in [3.05, 3.63) is 0 Å². The zero-order chi connectivity index (χ0) is 11.1. The highest BCUT2D eigenvalue weighted by Gasteiger charge is 2.22. The number of carbonyl (C=O) groups is 1. The third-order valence-corrected chi connectivity index (χ3v) is 2.98. The van der Waals surface area contributed by atoms with Crippen molar-refractivity contribution in [3.8, 4) is 12.3 Å². The van der Waals surface area contributed by atoms with Crippen molar-refractivity contribution in [2.75, 3.05) is 19.6 Å². The van der Waals surface area contributed by atoms with Crippen LogP contribution in [0.1, 0.15) is 32.6 Å². The predicted molar refractivity (Wildman–Crippen MR) is 61.3 cm³/mol. The zero-order valence-corrected chi connectivity index (χ0v) is 9.46. The van der Waals surface area contributed by atoms with Gasteiger partial charge in [0.25, 0.3) is 0 Å². The van der Waals surface area contributed by atoms with E-state index >= 15 is 0 Å². The molecule has 0 aromatic rings. The third-order valence-electron chi connectivity index (χ3n) is 2.98.